The molecule has 1 saturated heterocycles. The molecule has 114 valence electrons. The largest absolute Gasteiger partial charge is 0.465 e. The van der Waals surface area contributed by atoms with Gasteiger partial charge in [0.2, 0.25) is 0 Å². The van der Waals surface area contributed by atoms with Crippen LogP contribution in [0.4, 0.5) is 0 Å². The molecule has 4 heteroatoms. The Kier molecular flexibility index (Phi) is 6.07. The lowest BCUT2D eigenvalue weighted by molar-refractivity contribution is 0.0112. The number of furan rings is 1. The zero-order valence-electron chi connectivity index (χ0n) is 13.1. The second kappa shape index (κ2) is 7.81. The molecule has 0 atom stereocenters. The van der Waals surface area contributed by atoms with Crippen molar-refractivity contribution in [2.24, 2.45) is 0 Å². The Bertz CT molecular complexity index is 395. The fourth-order valence-corrected chi connectivity index (χ4v) is 2.79. The zero-order chi connectivity index (χ0) is 14.4. The van der Waals surface area contributed by atoms with Gasteiger partial charge in [-0.05, 0) is 39.3 Å². The minimum Gasteiger partial charge on any atom is -0.465 e. The minimum absolute atomic E-state index is 0.457. The minimum atomic E-state index is 0.457. The second-order valence-corrected chi connectivity index (χ2v) is 5.51. The molecule has 20 heavy (non-hydrogen) atoms. The lowest BCUT2D eigenvalue weighted by Gasteiger charge is -2.31. The summed E-state index contributed by atoms with van der Waals surface area (Å²) in [5.41, 5.74) is 1.28. The standard InChI is InChI=1S/C16H28N2O2/c1-4-17-11-14-10-16(20-13(14)3)12-18-8-6-15(7-9-18)19-5-2/h10,15,17H,4-9,11-12H2,1-3H3. The Labute approximate surface area is 122 Å². The first-order valence-corrected chi connectivity index (χ1v) is 7.85. The Morgan fingerprint density at radius 2 is 2.10 bits per heavy atom. The molecule has 0 aromatic carbocycles. The Balaban J connectivity index is 1.82. The monoisotopic (exact) mass is 280 g/mol. The molecule has 0 saturated carbocycles. The first-order chi connectivity index (χ1) is 9.72. The Morgan fingerprint density at radius 1 is 1.35 bits per heavy atom. The van der Waals surface area contributed by atoms with Crippen LogP contribution >= 0.6 is 0 Å². The predicted molar refractivity (Wildman–Crippen MR) is 80.8 cm³/mol. The Morgan fingerprint density at radius 3 is 2.75 bits per heavy atom. The van der Waals surface area contributed by atoms with Crippen molar-refractivity contribution >= 4 is 0 Å². The smallest absolute Gasteiger partial charge is 0.118 e. The van der Waals surface area contributed by atoms with Crippen molar-refractivity contribution in [1.82, 2.24) is 10.2 Å². The third-order valence-electron chi connectivity index (χ3n) is 3.95. The van der Waals surface area contributed by atoms with Crippen LogP contribution in [0.5, 0.6) is 0 Å². The summed E-state index contributed by atoms with van der Waals surface area (Å²) >= 11 is 0. The van der Waals surface area contributed by atoms with E-state index in [0.29, 0.717) is 6.10 Å². The number of nitrogens with one attached hydrogen (secondary N) is 1. The SMILES string of the molecule is CCNCc1cc(CN2CCC(OCC)CC2)oc1C. The maximum absolute atomic E-state index is 5.88. The lowest BCUT2D eigenvalue weighted by atomic mass is 10.1. The van der Waals surface area contributed by atoms with Crippen LogP contribution in [0.15, 0.2) is 10.5 Å². The highest BCUT2D eigenvalue weighted by Gasteiger charge is 2.20. The molecule has 2 heterocycles. The summed E-state index contributed by atoms with van der Waals surface area (Å²) < 4.78 is 11.6. The number of piperidine rings is 1. The van der Waals surface area contributed by atoms with Crippen LogP contribution in [0, 0.1) is 6.92 Å². The summed E-state index contributed by atoms with van der Waals surface area (Å²) in [4.78, 5) is 2.46. The van der Waals surface area contributed by atoms with Gasteiger partial charge < -0.3 is 14.5 Å². The average molecular weight is 280 g/mol. The van der Waals surface area contributed by atoms with Crippen molar-refractivity contribution in [3.8, 4) is 0 Å². The molecule has 0 spiro atoms. The fourth-order valence-electron chi connectivity index (χ4n) is 2.79. The van der Waals surface area contributed by atoms with Gasteiger partial charge in [0, 0.05) is 31.8 Å². The van der Waals surface area contributed by atoms with E-state index in [1.165, 1.54) is 5.56 Å². The van der Waals surface area contributed by atoms with Gasteiger partial charge >= 0.3 is 0 Å². The zero-order valence-corrected chi connectivity index (χ0v) is 13.1. The predicted octanol–water partition coefficient (Wildman–Crippen LogP) is 2.70. The quantitative estimate of drug-likeness (QED) is 0.833. The number of aryl methyl sites for hydroxylation is 1. The van der Waals surface area contributed by atoms with E-state index in [9.17, 15) is 0 Å². The topological polar surface area (TPSA) is 37.6 Å². The van der Waals surface area contributed by atoms with E-state index in [4.69, 9.17) is 9.15 Å². The highest BCUT2D eigenvalue weighted by molar-refractivity contribution is 5.20. The third-order valence-corrected chi connectivity index (χ3v) is 3.95. The van der Waals surface area contributed by atoms with E-state index in [1.54, 1.807) is 0 Å². The van der Waals surface area contributed by atoms with Crippen LogP contribution in [0.2, 0.25) is 0 Å². The van der Waals surface area contributed by atoms with Gasteiger partial charge in [0.1, 0.15) is 11.5 Å². The first-order valence-electron chi connectivity index (χ1n) is 7.85. The van der Waals surface area contributed by atoms with Crippen LogP contribution in [0.25, 0.3) is 0 Å². The normalized spacial score (nSPS) is 17.8. The fraction of sp³-hybridized carbons (Fsp3) is 0.750. The molecule has 1 N–H and O–H groups in total. The average Bonchev–Trinajstić information content (AvgIpc) is 2.79. The molecule has 0 radical (unpaired) electrons. The summed E-state index contributed by atoms with van der Waals surface area (Å²) in [6, 6.07) is 2.20. The number of hydrogen-bond donors (Lipinski definition) is 1. The van der Waals surface area contributed by atoms with E-state index in [2.05, 4.69) is 37.1 Å². The summed E-state index contributed by atoms with van der Waals surface area (Å²) in [5.74, 6) is 2.13. The Hall–Kier alpha value is -0.840. The van der Waals surface area contributed by atoms with Crippen molar-refractivity contribution in [2.45, 2.75) is 52.8 Å². The van der Waals surface area contributed by atoms with E-state index in [0.717, 1.165) is 63.7 Å². The molecule has 0 aliphatic carbocycles. The van der Waals surface area contributed by atoms with Crippen LogP contribution in [0.3, 0.4) is 0 Å². The van der Waals surface area contributed by atoms with Crippen LogP contribution in [-0.2, 0) is 17.8 Å². The lowest BCUT2D eigenvalue weighted by Crippen LogP contribution is -2.36. The molecule has 0 amide bonds. The summed E-state index contributed by atoms with van der Waals surface area (Å²) in [6.07, 6.45) is 2.73. The van der Waals surface area contributed by atoms with Crippen molar-refractivity contribution in [3.63, 3.8) is 0 Å². The van der Waals surface area contributed by atoms with Crippen molar-refractivity contribution < 1.29 is 9.15 Å². The van der Waals surface area contributed by atoms with Gasteiger partial charge in [-0.15, -0.1) is 0 Å². The van der Waals surface area contributed by atoms with Gasteiger partial charge in [-0.1, -0.05) is 6.92 Å². The molecule has 0 unspecified atom stereocenters. The van der Waals surface area contributed by atoms with Gasteiger partial charge in [0.05, 0.1) is 12.6 Å². The summed E-state index contributed by atoms with van der Waals surface area (Å²) in [7, 11) is 0. The van der Waals surface area contributed by atoms with E-state index >= 15 is 0 Å². The van der Waals surface area contributed by atoms with Gasteiger partial charge in [-0.25, -0.2) is 0 Å². The van der Waals surface area contributed by atoms with E-state index < -0.39 is 0 Å². The van der Waals surface area contributed by atoms with Gasteiger partial charge in [0.25, 0.3) is 0 Å². The number of nitrogens with zero attached hydrogens (tertiary/aromatic N) is 1. The molecular weight excluding hydrogens is 252 g/mol. The number of hydrogen-bond acceptors (Lipinski definition) is 4. The molecule has 1 aliphatic rings. The molecule has 1 fully saturated rings. The molecular formula is C16H28N2O2. The summed E-state index contributed by atoms with van der Waals surface area (Å²) in [6.45, 7) is 12.1. The van der Waals surface area contributed by atoms with E-state index in [1.807, 2.05) is 0 Å². The van der Waals surface area contributed by atoms with Gasteiger partial charge in [0.15, 0.2) is 0 Å². The van der Waals surface area contributed by atoms with Crippen LogP contribution < -0.4 is 5.32 Å². The maximum atomic E-state index is 5.88. The van der Waals surface area contributed by atoms with E-state index in [-0.39, 0.29) is 0 Å². The van der Waals surface area contributed by atoms with Crippen molar-refractivity contribution in [3.05, 3.63) is 23.2 Å². The highest BCUT2D eigenvalue weighted by Crippen LogP contribution is 2.20. The van der Waals surface area contributed by atoms with Crippen LogP contribution in [0.1, 0.15) is 43.8 Å². The highest BCUT2D eigenvalue weighted by atomic mass is 16.5. The second-order valence-electron chi connectivity index (χ2n) is 5.51. The number of rotatable bonds is 7. The van der Waals surface area contributed by atoms with Gasteiger partial charge in [-0.2, -0.15) is 0 Å². The summed E-state index contributed by atoms with van der Waals surface area (Å²) in [5, 5.41) is 3.35. The molecule has 1 aromatic rings. The van der Waals surface area contributed by atoms with Gasteiger partial charge in [-0.3, -0.25) is 4.90 Å². The van der Waals surface area contributed by atoms with Crippen LogP contribution in [-0.4, -0.2) is 37.2 Å². The molecule has 2 rings (SSSR count). The third kappa shape index (κ3) is 4.33. The molecule has 4 nitrogen and oxygen atoms in total. The molecule has 1 aromatic heterocycles. The van der Waals surface area contributed by atoms with Crippen molar-refractivity contribution in [2.75, 3.05) is 26.2 Å². The van der Waals surface area contributed by atoms with Crippen molar-refractivity contribution in [1.29, 1.82) is 0 Å². The number of ether oxygens (including phenoxy) is 1. The maximum Gasteiger partial charge on any atom is 0.118 e. The number of likely N-dealkylation sites (tertiary alicyclic amines) is 1. The molecule has 1 aliphatic heterocycles. The first kappa shape index (κ1) is 15.5. The molecule has 0 bridgehead atoms.